The minimum absolute atomic E-state index is 0.0342. The fourth-order valence-electron chi connectivity index (χ4n) is 2.54. The molecule has 2 atom stereocenters. The van der Waals surface area contributed by atoms with Crippen LogP contribution < -0.4 is 10.1 Å². The predicted molar refractivity (Wildman–Crippen MR) is 85.4 cm³/mol. The number of amides is 1. The van der Waals surface area contributed by atoms with Crippen molar-refractivity contribution in [1.82, 2.24) is 5.32 Å². The van der Waals surface area contributed by atoms with E-state index in [9.17, 15) is 9.90 Å². The van der Waals surface area contributed by atoms with Gasteiger partial charge < -0.3 is 15.2 Å². The highest BCUT2D eigenvalue weighted by molar-refractivity contribution is 9.10. The van der Waals surface area contributed by atoms with Crippen LogP contribution in [0.3, 0.4) is 0 Å². The Kier molecular flexibility index (Phi) is 4.94. The Morgan fingerprint density at radius 2 is 2.24 bits per heavy atom. The Labute approximate surface area is 134 Å². The zero-order valence-electron chi connectivity index (χ0n) is 12.6. The lowest BCUT2D eigenvalue weighted by Crippen LogP contribution is -2.61. The molecule has 1 aliphatic rings. The first-order valence-corrected chi connectivity index (χ1v) is 7.93. The molecule has 0 spiro atoms. The SMILES string of the molecule is COc1ccc(CCC(=O)NC2CC(O)C2(C)C)cc1Br. The van der Waals surface area contributed by atoms with Gasteiger partial charge in [0.25, 0.3) is 0 Å². The molecule has 0 aromatic heterocycles. The van der Waals surface area contributed by atoms with E-state index in [-0.39, 0.29) is 23.5 Å². The van der Waals surface area contributed by atoms with Gasteiger partial charge in [-0.15, -0.1) is 0 Å². The van der Waals surface area contributed by atoms with Gasteiger partial charge in [0.15, 0.2) is 0 Å². The van der Waals surface area contributed by atoms with Crippen LogP contribution in [-0.2, 0) is 11.2 Å². The monoisotopic (exact) mass is 355 g/mol. The molecule has 1 fully saturated rings. The van der Waals surface area contributed by atoms with Crippen molar-refractivity contribution in [2.75, 3.05) is 7.11 Å². The Balaban J connectivity index is 1.83. The second kappa shape index (κ2) is 6.36. The molecule has 0 heterocycles. The van der Waals surface area contributed by atoms with E-state index in [1.807, 2.05) is 32.0 Å². The third-order valence-corrected chi connectivity index (χ3v) is 5.03. The van der Waals surface area contributed by atoms with Gasteiger partial charge in [-0.2, -0.15) is 0 Å². The Morgan fingerprint density at radius 1 is 1.52 bits per heavy atom. The second-order valence-electron chi connectivity index (χ2n) is 6.16. The lowest BCUT2D eigenvalue weighted by molar-refractivity contribution is -0.129. The summed E-state index contributed by atoms with van der Waals surface area (Å²) in [5, 5.41) is 12.7. The van der Waals surface area contributed by atoms with Crippen LogP contribution in [0.15, 0.2) is 22.7 Å². The number of hydrogen-bond donors (Lipinski definition) is 2. The maximum atomic E-state index is 12.0. The maximum Gasteiger partial charge on any atom is 0.220 e. The molecule has 1 aromatic carbocycles. The molecule has 2 N–H and O–H groups in total. The number of aliphatic hydroxyl groups excluding tert-OH is 1. The fraction of sp³-hybridized carbons (Fsp3) is 0.562. The van der Waals surface area contributed by atoms with E-state index in [0.29, 0.717) is 19.3 Å². The molecular weight excluding hydrogens is 334 g/mol. The summed E-state index contributed by atoms with van der Waals surface area (Å²) in [6, 6.07) is 5.90. The highest BCUT2D eigenvalue weighted by Gasteiger charge is 2.47. The third-order valence-electron chi connectivity index (χ3n) is 4.41. The van der Waals surface area contributed by atoms with Crippen LogP contribution >= 0.6 is 15.9 Å². The number of rotatable bonds is 5. The summed E-state index contributed by atoms with van der Waals surface area (Å²) < 4.78 is 6.08. The zero-order valence-corrected chi connectivity index (χ0v) is 14.2. The van der Waals surface area contributed by atoms with Crippen LogP contribution in [0.5, 0.6) is 5.75 Å². The number of methoxy groups -OCH3 is 1. The molecular formula is C16H22BrNO3. The summed E-state index contributed by atoms with van der Waals surface area (Å²) in [6.45, 7) is 3.96. The molecule has 1 saturated carbocycles. The summed E-state index contributed by atoms with van der Waals surface area (Å²) in [5.74, 6) is 0.820. The van der Waals surface area contributed by atoms with Gasteiger partial charge in [-0.3, -0.25) is 4.79 Å². The van der Waals surface area contributed by atoms with Crippen LogP contribution in [0.2, 0.25) is 0 Å². The van der Waals surface area contributed by atoms with Gasteiger partial charge in [0.05, 0.1) is 17.7 Å². The smallest absolute Gasteiger partial charge is 0.220 e. The van der Waals surface area contributed by atoms with Crippen LogP contribution in [0.4, 0.5) is 0 Å². The fourth-order valence-corrected chi connectivity index (χ4v) is 3.13. The number of halogens is 1. The zero-order chi connectivity index (χ0) is 15.6. The lowest BCUT2D eigenvalue weighted by atomic mass is 9.64. The molecule has 116 valence electrons. The van der Waals surface area contributed by atoms with Crippen molar-refractivity contribution in [3.8, 4) is 5.75 Å². The van der Waals surface area contributed by atoms with E-state index in [1.165, 1.54) is 0 Å². The van der Waals surface area contributed by atoms with E-state index in [0.717, 1.165) is 15.8 Å². The van der Waals surface area contributed by atoms with Gasteiger partial charge in [0.1, 0.15) is 5.75 Å². The molecule has 0 aliphatic heterocycles. The Bertz CT molecular complexity index is 530. The summed E-state index contributed by atoms with van der Waals surface area (Å²) in [4.78, 5) is 12.0. The van der Waals surface area contributed by atoms with E-state index in [4.69, 9.17) is 4.74 Å². The number of hydrogen-bond acceptors (Lipinski definition) is 3. The quantitative estimate of drug-likeness (QED) is 0.853. The van der Waals surface area contributed by atoms with E-state index < -0.39 is 0 Å². The molecule has 1 aromatic rings. The highest BCUT2D eigenvalue weighted by atomic mass is 79.9. The largest absolute Gasteiger partial charge is 0.496 e. The second-order valence-corrected chi connectivity index (χ2v) is 7.02. The molecule has 0 saturated heterocycles. The van der Waals surface area contributed by atoms with Gasteiger partial charge in [0, 0.05) is 17.9 Å². The first-order valence-electron chi connectivity index (χ1n) is 7.14. The van der Waals surface area contributed by atoms with Crippen LogP contribution in [0.1, 0.15) is 32.3 Å². The topological polar surface area (TPSA) is 58.6 Å². The molecule has 4 nitrogen and oxygen atoms in total. The van der Waals surface area contributed by atoms with Crippen molar-refractivity contribution in [2.45, 2.75) is 45.3 Å². The number of ether oxygens (including phenoxy) is 1. The van der Waals surface area contributed by atoms with E-state index in [2.05, 4.69) is 21.2 Å². The number of carbonyl (C=O) groups excluding carboxylic acids is 1. The first-order chi connectivity index (χ1) is 9.84. The minimum atomic E-state index is -0.319. The Morgan fingerprint density at radius 3 is 2.76 bits per heavy atom. The molecule has 0 radical (unpaired) electrons. The lowest BCUT2D eigenvalue weighted by Gasteiger charge is -2.49. The average molecular weight is 356 g/mol. The highest BCUT2D eigenvalue weighted by Crippen LogP contribution is 2.40. The molecule has 2 rings (SSSR count). The van der Waals surface area contributed by atoms with Gasteiger partial charge in [-0.25, -0.2) is 0 Å². The molecule has 1 aliphatic carbocycles. The number of benzene rings is 1. The number of aryl methyl sites for hydroxylation is 1. The van der Waals surface area contributed by atoms with Crippen LogP contribution in [0.25, 0.3) is 0 Å². The summed E-state index contributed by atoms with van der Waals surface area (Å²) in [7, 11) is 1.63. The summed E-state index contributed by atoms with van der Waals surface area (Å²) >= 11 is 3.44. The Hall–Kier alpha value is -1.07. The van der Waals surface area contributed by atoms with Crippen LogP contribution in [-0.4, -0.2) is 30.3 Å². The van der Waals surface area contributed by atoms with Gasteiger partial charge in [-0.05, 0) is 46.5 Å². The number of aliphatic hydroxyl groups is 1. The molecule has 1 amide bonds. The normalized spacial score (nSPS) is 23.3. The van der Waals surface area contributed by atoms with Gasteiger partial charge in [-0.1, -0.05) is 19.9 Å². The van der Waals surface area contributed by atoms with Crippen molar-refractivity contribution in [2.24, 2.45) is 5.41 Å². The molecule has 0 bridgehead atoms. The van der Waals surface area contributed by atoms with E-state index in [1.54, 1.807) is 7.11 Å². The first kappa shape index (κ1) is 16.3. The van der Waals surface area contributed by atoms with Crippen molar-refractivity contribution < 1.29 is 14.6 Å². The third kappa shape index (κ3) is 3.58. The standard InChI is InChI=1S/C16H22BrNO3/c1-16(2)13(9-14(16)19)18-15(20)7-5-10-4-6-12(21-3)11(17)8-10/h4,6,8,13-14,19H,5,7,9H2,1-3H3,(H,18,20). The summed E-state index contributed by atoms with van der Waals surface area (Å²) in [6.07, 6.45) is 1.46. The van der Waals surface area contributed by atoms with Gasteiger partial charge >= 0.3 is 0 Å². The summed E-state index contributed by atoms with van der Waals surface area (Å²) in [5.41, 5.74) is 0.865. The van der Waals surface area contributed by atoms with Crippen molar-refractivity contribution in [1.29, 1.82) is 0 Å². The van der Waals surface area contributed by atoms with Crippen LogP contribution in [0, 0.1) is 5.41 Å². The van der Waals surface area contributed by atoms with Gasteiger partial charge in [0.2, 0.25) is 5.91 Å². The van der Waals surface area contributed by atoms with Crippen molar-refractivity contribution >= 4 is 21.8 Å². The number of carbonyl (C=O) groups is 1. The molecule has 21 heavy (non-hydrogen) atoms. The predicted octanol–water partition coefficient (Wildman–Crippen LogP) is 2.67. The van der Waals surface area contributed by atoms with Crippen molar-refractivity contribution in [3.05, 3.63) is 28.2 Å². The average Bonchev–Trinajstić information content (AvgIpc) is 2.45. The van der Waals surface area contributed by atoms with E-state index >= 15 is 0 Å². The molecule has 2 unspecified atom stereocenters. The molecule has 5 heteroatoms. The number of nitrogens with one attached hydrogen (secondary N) is 1. The maximum absolute atomic E-state index is 12.0. The minimum Gasteiger partial charge on any atom is -0.496 e. The van der Waals surface area contributed by atoms with Crippen molar-refractivity contribution in [3.63, 3.8) is 0 Å².